The SMILES string of the molecule is O=P([O-])(O)OC1CCCC(OP(=O)([O-])O)C1OP(=O)([O-])O. The van der Waals surface area contributed by atoms with Gasteiger partial charge in [-0.2, -0.15) is 0 Å². The fourth-order valence-corrected chi connectivity index (χ4v) is 3.66. The predicted octanol–water partition coefficient (Wildman–Crippen LogP) is -2.29. The molecule has 0 radical (unpaired) electrons. The van der Waals surface area contributed by atoms with Crippen molar-refractivity contribution in [2.75, 3.05) is 0 Å². The lowest BCUT2D eigenvalue weighted by atomic mass is 9.92. The second-order valence-corrected chi connectivity index (χ2v) is 7.64. The lowest BCUT2D eigenvalue weighted by Gasteiger charge is -2.41. The minimum Gasteiger partial charge on any atom is -0.756 e. The van der Waals surface area contributed by atoms with Crippen LogP contribution in [0.3, 0.4) is 0 Å². The van der Waals surface area contributed by atoms with Crippen molar-refractivity contribution >= 4 is 23.5 Å². The van der Waals surface area contributed by atoms with E-state index in [1.54, 1.807) is 0 Å². The van der Waals surface area contributed by atoms with E-state index >= 15 is 0 Å². The maximum absolute atomic E-state index is 10.8. The van der Waals surface area contributed by atoms with Gasteiger partial charge in [-0.1, -0.05) is 0 Å². The van der Waals surface area contributed by atoms with Crippen molar-refractivity contribution in [3.05, 3.63) is 0 Å². The van der Waals surface area contributed by atoms with Crippen LogP contribution in [0.25, 0.3) is 0 Å². The Morgan fingerprint density at radius 2 is 1.10 bits per heavy atom. The van der Waals surface area contributed by atoms with Gasteiger partial charge in [-0.25, -0.2) is 0 Å². The maximum Gasteiger partial charge on any atom is 0.265 e. The summed E-state index contributed by atoms with van der Waals surface area (Å²) in [6.45, 7) is 0. The molecule has 3 N–H and O–H groups in total. The van der Waals surface area contributed by atoms with E-state index in [1.165, 1.54) is 0 Å². The summed E-state index contributed by atoms with van der Waals surface area (Å²) >= 11 is 0. The van der Waals surface area contributed by atoms with Crippen molar-refractivity contribution in [2.24, 2.45) is 0 Å². The Labute approximate surface area is 118 Å². The Balaban J connectivity index is 2.98. The quantitative estimate of drug-likeness (QED) is 0.422. The van der Waals surface area contributed by atoms with Crippen molar-refractivity contribution in [3.63, 3.8) is 0 Å². The maximum atomic E-state index is 10.8. The summed E-state index contributed by atoms with van der Waals surface area (Å²) in [6, 6.07) is 0. The summed E-state index contributed by atoms with van der Waals surface area (Å²) < 4.78 is 44.7. The Hall–Kier alpha value is 0.330. The van der Waals surface area contributed by atoms with Crippen LogP contribution in [0.5, 0.6) is 0 Å². The van der Waals surface area contributed by atoms with E-state index in [0.717, 1.165) is 0 Å². The topological polar surface area (TPSA) is 209 Å². The molecule has 1 saturated carbocycles. The van der Waals surface area contributed by atoms with Crippen LogP contribution in [0.2, 0.25) is 0 Å². The van der Waals surface area contributed by atoms with Crippen LogP contribution in [-0.4, -0.2) is 33.0 Å². The Kier molecular flexibility index (Phi) is 6.31. The lowest BCUT2D eigenvalue weighted by Crippen LogP contribution is -2.46. The smallest absolute Gasteiger partial charge is 0.265 e. The largest absolute Gasteiger partial charge is 0.756 e. The normalized spacial score (nSPS) is 35.4. The average Bonchev–Trinajstić information content (AvgIpc) is 2.16. The van der Waals surface area contributed by atoms with E-state index in [1.807, 2.05) is 0 Å². The van der Waals surface area contributed by atoms with Crippen molar-refractivity contribution in [3.8, 4) is 0 Å². The van der Waals surface area contributed by atoms with Crippen LogP contribution in [0.4, 0.5) is 0 Å². The summed E-state index contributed by atoms with van der Waals surface area (Å²) in [4.78, 5) is 58.0. The molecule has 0 aliphatic heterocycles. The van der Waals surface area contributed by atoms with Crippen LogP contribution < -0.4 is 14.7 Å². The van der Waals surface area contributed by atoms with Gasteiger partial charge in [0.15, 0.2) is 0 Å². The molecule has 1 aliphatic rings. The Bertz CT molecular complexity index is 455. The van der Waals surface area contributed by atoms with E-state index < -0.39 is 41.8 Å². The van der Waals surface area contributed by atoms with Gasteiger partial charge in [0, 0.05) is 0 Å². The minimum atomic E-state index is -5.40. The van der Waals surface area contributed by atoms with Crippen LogP contribution >= 0.6 is 23.5 Å². The van der Waals surface area contributed by atoms with Crippen LogP contribution in [0.1, 0.15) is 19.3 Å². The molecule has 0 saturated heterocycles. The molecule has 5 atom stereocenters. The molecule has 126 valence electrons. The molecule has 0 bridgehead atoms. The van der Waals surface area contributed by atoms with Crippen molar-refractivity contribution in [1.82, 2.24) is 0 Å². The molecule has 0 aromatic carbocycles. The molecule has 0 spiro atoms. The van der Waals surface area contributed by atoms with Gasteiger partial charge in [-0.3, -0.25) is 13.7 Å². The zero-order chi connectivity index (χ0) is 16.5. The van der Waals surface area contributed by atoms with E-state index in [9.17, 15) is 28.4 Å². The molecule has 15 heteroatoms. The molecule has 1 rings (SSSR count). The third-order valence-electron chi connectivity index (χ3n) is 2.50. The fraction of sp³-hybridized carbons (Fsp3) is 1.00. The van der Waals surface area contributed by atoms with Gasteiger partial charge >= 0.3 is 0 Å². The van der Waals surface area contributed by atoms with Gasteiger partial charge in [0.1, 0.15) is 6.10 Å². The molecule has 0 aromatic heterocycles. The third kappa shape index (κ3) is 7.94. The van der Waals surface area contributed by atoms with Gasteiger partial charge in [0.05, 0.1) is 12.2 Å². The minimum absolute atomic E-state index is 0.115. The van der Waals surface area contributed by atoms with E-state index in [2.05, 4.69) is 13.6 Å². The first kappa shape index (κ1) is 19.4. The molecule has 0 amide bonds. The molecular formula is C6H12O12P3-3. The second kappa shape index (κ2) is 6.84. The van der Waals surface area contributed by atoms with Gasteiger partial charge in [0.25, 0.3) is 23.5 Å². The molecule has 12 nitrogen and oxygen atoms in total. The summed E-state index contributed by atoms with van der Waals surface area (Å²) in [5.74, 6) is 0. The standard InChI is InChI=1S/C6H15O12P3/c7-19(8,9)16-4-2-1-3-5(17-20(10,11)12)6(4)18-21(13,14)15/h4-6H,1-3H2,(H2,7,8,9)(H2,10,11,12)(H2,13,14,15)/p-3. The summed E-state index contributed by atoms with van der Waals surface area (Å²) in [7, 11) is -16.0. The number of phosphoric ester groups is 3. The Morgan fingerprint density at radius 1 is 0.762 bits per heavy atom. The third-order valence-corrected chi connectivity index (χ3v) is 4.09. The molecule has 0 heterocycles. The highest BCUT2D eigenvalue weighted by Gasteiger charge is 2.40. The number of hydrogen-bond acceptors (Lipinski definition) is 9. The number of phosphoric acid groups is 3. The van der Waals surface area contributed by atoms with Crippen LogP contribution in [0, 0.1) is 0 Å². The fourth-order valence-electron chi connectivity index (χ4n) is 1.95. The molecular weight excluding hydrogens is 357 g/mol. The lowest BCUT2D eigenvalue weighted by molar-refractivity contribution is -0.252. The second-order valence-electron chi connectivity index (χ2n) is 4.19. The first-order valence-corrected chi connectivity index (χ1v) is 9.92. The summed E-state index contributed by atoms with van der Waals surface area (Å²) in [5, 5.41) is 0. The predicted molar refractivity (Wildman–Crippen MR) is 57.9 cm³/mol. The molecule has 0 aromatic rings. The first-order valence-electron chi connectivity index (χ1n) is 5.43. The van der Waals surface area contributed by atoms with E-state index in [4.69, 9.17) is 14.7 Å². The number of rotatable bonds is 6. The molecule has 1 aliphatic carbocycles. The Morgan fingerprint density at radius 3 is 1.38 bits per heavy atom. The zero-order valence-corrected chi connectivity index (χ0v) is 12.9. The average molecular weight is 369 g/mol. The van der Waals surface area contributed by atoms with E-state index in [-0.39, 0.29) is 19.3 Å². The van der Waals surface area contributed by atoms with E-state index in [0.29, 0.717) is 0 Å². The highest BCUT2D eigenvalue weighted by Crippen LogP contribution is 2.46. The van der Waals surface area contributed by atoms with Gasteiger partial charge in [-0.15, -0.1) is 0 Å². The van der Waals surface area contributed by atoms with Gasteiger partial charge < -0.3 is 42.9 Å². The highest BCUT2D eigenvalue weighted by atomic mass is 31.2. The summed E-state index contributed by atoms with van der Waals surface area (Å²) in [5.41, 5.74) is 0. The van der Waals surface area contributed by atoms with Crippen molar-refractivity contribution in [1.29, 1.82) is 0 Å². The monoisotopic (exact) mass is 369 g/mol. The molecule has 1 fully saturated rings. The zero-order valence-electron chi connectivity index (χ0n) is 10.2. The van der Waals surface area contributed by atoms with Crippen LogP contribution in [-0.2, 0) is 27.3 Å². The van der Waals surface area contributed by atoms with Crippen molar-refractivity contribution < 1.29 is 56.6 Å². The van der Waals surface area contributed by atoms with Gasteiger partial charge in [-0.05, 0) is 19.3 Å². The van der Waals surface area contributed by atoms with Crippen molar-refractivity contribution in [2.45, 2.75) is 37.6 Å². The molecule has 21 heavy (non-hydrogen) atoms. The number of hydrogen-bond donors (Lipinski definition) is 3. The summed E-state index contributed by atoms with van der Waals surface area (Å²) in [6.07, 6.45) is -5.30. The highest BCUT2D eigenvalue weighted by molar-refractivity contribution is 7.45. The van der Waals surface area contributed by atoms with Gasteiger partial charge in [0.2, 0.25) is 0 Å². The first-order chi connectivity index (χ1) is 9.27. The molecule has 5 unspecified atom stereocenters. The van der Waals surface area contributed by atoms with Crippen LogP contribution in [0.15, 0.2) is 0 Å².